The second-order valence-corrected chi connectivity index (χ2v) is 11.2. The summed E-state index contributed by atoms with van der Waals surface area (Å²) in [6, 6.07) is 6.31. The number of ether oxygens (including phenoxy) is 1. The number of likely N-dealkylation sites (tertiary alicyclic amines) is 1. The number of carbonyl (C=O) groups is 1. The zero-order valence-corrected chi connectivity index (χ0v) is 22.6. The van der Waals surface area contributed by atoms with Crippen LogP contribution < -0.4 is 5.32 Å². The van der Waals surface area contributed by atoms with Crippen LogP contribution in [0.25, 0.3) is 22.1 Å². The Morgan fingerprint density at radius 3 is 2.70 bits per heavy atom. The Kier molecular flexibility index (Phi) is 6.84. The monoisotopic (exact) mass is 502 g/mol. The summed E-state index contributed by atoms with van der Waals surface area (Å²) in [5, 5.41) is 5.73. The highest BCUT2D eigenvalue weighted by molar-refractivity contribution is 5.86. The molecule has 1 saturated heterocycles. The molecule has 0 spiro atoms. The van der Waals surface area contributed by atoms with E-state index in [-0.39, 0.29) is 6.09 Å². The lowest BCUT2D eigenvalue weighted by Gasteiger charge is -2.33. The first-order valence-electron chi connectivity index (χ1n) is 13.4. The van der Waals surface area contributed by atoms with Gasteiger partial charge in [0, 0.05) is 35.8 Å². The molecule has 0 radical (unpaired) electrons. The number of aromatic nitrogens is 4. The highest BCUT2D eigenvalue weighted by Crippen LogP contribution is 2.34. The summed E-state index contributed by atoms with van der Waals surface area (Å²) in [5.41, 5.74) is 6.04. The van der Waals surface area contributed by atoms with E-state index < -0.39 is 5.60 Å². The van der Waals surface area contributed by atoms with Gasteiger partial charge in [-0.1, -0.05) is 13.3 Å². The molecule has 0 aromatic carbocycles. The largest absolute Gasteiger partial charge is 0.444 e. The van der Waals surface area contributed by atoms with Crippen LogP contribution in [0.2, 0.25) is 0 Å². The molecule has 0 aliphatic carbocycles. The maximum absolute atomic E-state index is 12.5. The van der Waals surface area contributed by atoms with Gasteiger partial charge in [0.2, 0.25) is 0 Å². The Labute approximate surface area is 218 Å². The molecular weight excluding hydrogens is 464 g/mol. The zero-order chi connectivity index (χ0) is 26.2. The van der Waals surface area contributed by atoms with Crippen LogP contribution in [0.5, 0.6) is 0 Å². The van der Waals surface area contributed by atoms with E-state index in [4.69, 9.17) is 9.72 Å². The highest BCUT2D eigenvalue weighted by atomic mass is 16.6. The summed E-state index contributed by atoms with van der Waals surface area (Å²) >= 11 is 0. The molecule has 5 rings (SSSR count). The number of hydrogen-bond donors (Lipinski definition) is 3. The second-order valence-electron chi connectivity index (χ2n) is 11.2. The molecule has 1 aliphatic heterocycles. The first kappa shape index (κ1) is 25.1. The van der Waals surface area contributed by atoms with Crippen molar-refractivity contribution in [2.45, 2.75) is 78.2 Å². The van der Waals surface area contributed by atoms with E-state index in [1.54, 1.807) is 0 Å². The quantitative estimate of drug-likeness (QED) is 0.265. The number of anilines is 2. The maximum atomic E-state index is 12.5. The normalized spacial score (nSPS) is 15.0. The molecule has 8 heteroatoms. The number of nitrogens with zero attached hydrogens (tertiary/aromatic N) is 3. The van der Waals surface area contributed by atoms with Gasteiger partial charge in [-0.25, -0.2) is 14.8 Å². The lowest BCUT2D eigenvalue weighted by atomic mass is 9.89. The molecule has 0 bridgehead atoms. The Morgan fingerprint density at radius 1 is 1.19 bits per heavy atom. The summed E-state index contributed by atoms with van der Waals surface area (Å²) in [6.45, 7) is 11.5. The molecule has 1 aliphatic rings. The molecule has 1 amide bonds. The summed E-state index contributed by atoms with van der Waals surface area (Å²) in [7, 11) is 0. The predicted octanol–water partition coefficient (Wildman–Crippen LogP) is 6.95. The summed E-state index contributed by atoms with van der Waals surface area (Å²) in [5.74, 6) is 1.15. The summed E-state index contributed by atoms with van der Waals surface area (Å²) in [6.07, 6.45) is 8.87. The van der Waals surface area contributed by atoms with Crippen molar-refractivity contribution in [2.75, 3.05) is 18.4 Å². The molecule has 37 heavy (non-hydrogen) atoms. The minimum Gasteiger partial charge on any atom is -0.444 e. The number of fused-ring (bicyclic) bond motifs is 2. The standard InChI is InChI=1S/C29H38N6O2/c1-6-7-8-24-18(2)21-9-10-25(34-27(21)33-24)32-20-15-22-23(17-31-26(22)30-16-20)19-11-13-35(14-12-19)28(36)37-29(3,4)5/h9-10,15-17,19H,6-8,11-14H2,1-5H3,(H,30,31)(H2,32,33,34). The van der Waals surface area contributed by atoms with Crippen LogP contribution in [0.4, 0.5) is 16.3 Å². The minimum atomic E-state index is -0.476. The van der Waals surface area contributed by atoms with E-state index in [1.807, 2.05) is 37.9 Å². The Bertz CT molecular complexity index is 1410. The number of rotatable bonds is 6. The van der Waals surface area contributed by atoms with E-state index in [2.05, 4.69) is 52.4 Å². The van der Waals surface area contributed by atoms with Crippen LogP contribution in [-0.2, 0) is 11.2 Å². The number of unbranched alkanes of at least 4 members (excludes halogenated alkanes) is 1. The number of amides is 1. The van der Waals surface area contributed by atoms with Gasteiger partial charge < -0.3 is 24.9 Å². The van der Waals surface area contributed by atoms with Crippen LogP contribution in [0.15, 0.2) is 30.6 Å². The van der Waals surface area contributed by atoms with Crippen molar-refractivity contribution in [3.63, 3.8) is 0 Å². The van der Waals surface area contributed by atoms with Crippen molar-refractivity contribution < 1.29 is 9.53 Å². The molecule has 4 aromatic rings. The summed E-state index contributed by atoms with van der Waals surface area (Å²) in [4.78, 5) is 30.6. The molecule has 3 N–H and O–H groups in total. The Hall–Kier alpha value is -3.55. The average Bonchev–Trinajstić information content (AvgIpc) is 3.42. The van der Waals surface area contributed by atoms with E-state index in [0.29, 0.717) is 19.0 Å². The third-order valence-corrected chi connectivity index (χ3v) is 7.22. The Balaban J connectivity index is 1.31. The molecular formula is C29H38N6O2. The number of H-pyrrole nitrogens is 2. The molecule has 5 heterocycles. The molecule has 8 nitrogen and oxygen atoms in total. The van der Waals surface area contributed by atoms with Crippen molar-refractivity contribution in [1.29, 1.82) is 0 Å². The van der Waals surface area contributed by atoms with Gasteiger partial charge in [-0.15, -0.1) is 0 Å². The second kappa shape index (κ2) is 10.1. The van der Waals surface area contributed by atoms with E-state index in [9.17, 15) is 4.79 Å². The minimum absolute atomic E-state index is 0.225. The molecule has 196 valence electrons. The Morgan fingerprint density at radius 2 is 1.97 bits per heavy atom. The smallest absolute Gasteiger partial charge is 0.410 e. The van der Waals surface area contributed by atoms with Gasteiger partial charge in [-0.05, 0) is 88.6 Å². The van der Waals surface area contributed by atoms with Crippen LogP contribution in [0.3, 0.4) is 0 Å². The van der Waals surface area contributed by atoms with Crippen LogP contribution >= 0.6 is 0 Å². The van der Waals surface area contributed by atoms with Gasteiger partial charge in [0.1, 0.15) is 22.7 Å². The lowest BCUT2D eigenvalue weighted by Crippen LogP contribution is -2.41. The van der Waals surface area contributed by atoms with E-state index in [0.717, 1.165) is 47.4 Å². The van der Waals surface area contributed by atoms with Crippen molar-refractivity contribution in [3.8, 4) is 0 Å². The molecule has 4 aromatic heterocycles. The van der Waals surface area contributed by atoms with Gasteiger partial charge in [0.15, 0.2) is 0 Å². The topological polar surface area (TPSA) is 98.9 Å². The molecule has 0 atom stereocenters. The van der Waals surface area contributed by atoms with Crippen molar-refractivity contribution in [2.24, 2.45) is 0 Å². The van der Waals surface area contributed by atoms with Crippen molar-refractivity contribution >= 4 is 39.7 Å². The molecule has 1 fully saturated rings. The zero-order valence-electron chi connectivity index (χ0n) is 22.6. The number of nitrogens with one attached hydrogen (secondary N) is 3. The number of piperidine rings is 1. The van der Waals surface area contributed by atoms with Crippen molar-refractivity contribution in [3.05, 3.63) is 47.4 Å². The SMILES string of the molecule is CCCCc1[nH]c2nc(Nc3cnc4[nH]cc(C5CCN(C(=O)OC(C)(C)C)CC5)c4c3)ccc2c1C. The van der Waals surface area contributed by atoms with Gasteiger partial charge in [-0.3, -0.25) is 0 Å². The number of aryl methyl sites for hydroxylation is 2. The number of hydrogen-bond acceptors (Lipinski definition) is 5. The van der Waals surface area contributed by atoms with E-state index in [1.165, 1.54) is 35.0 Å². The maximum Gasteiger partial charge on any atom is 0.410 e. The van der Waals surface area contributed by atoms with Crippen molar-refractivity contribution in [1.82, 2.24) is 24.8 Å². The van der Waals surface area contributed by atoms with Gasteiger partial charge in [-0.2, -0.15) is 0 Å². The molecule has 0 saturated carbocycles. The summed E-state index contributed by atoms with van der Waals surface area (Å²) < 4.78 is 5.55. The third kappa shape index (κ3) is 5.43. The highest BCUT2D eigenvalue weighted by Gasteiger charge is 2.28. The number of carbonyl (C=O) groups excluding carboxylic acids is 1. The third-order valence-electron chi connectivity index (χ3n) is 7.22. The van der Waals surface area contributed by atoms with Gasteiger partial charge >= 0.3 is 6.09 Å². The average molecular weight is 503 g/mol. The number of pyridine rings is 2. The first-order valence-corrected chi connectivity index (χ1v) is 13.4. The first-order chi connectivity index (χ1) is 17.7. The van der Waals surface area contributed by atoms with Gasteiger partial charge in [0.05, 0.1) is 11.9 Å². The van der Waals surface area contributed by atoms with Crippen LogP contribution in [-0.4, -0.2) is 49.6 Å². The molecule has 0 unspecified atom stereocenters. The van der Waals surface area contributed by atoms with Crippen LogP contribution in [0.1, 0.15) is 76.1 Å². The predicted molar refractivity (Wildman–Crippen MR) is 149 cm³/mol. The van der Waals surface area contributed by atoms with Crippen LogP contribution in [0, 0.1) is 6.92 Å². The van der Waals surface area contributed by atoms with E-state index >= 15 is 0 Å². The fourth-order valence-corrected chi connectivity index (χ4v) is 5.21. The lowest BCUT2D eigenvalue weighted by molar-refractivity contribution is 0.0205. The fourth-order valence-electron chi connectivity index (χ4n) is 5.21. The fraction of sp³-hybridized carbons (Fsp3) is 0.483. The number of aromatic amines is 2. The van der Waals surface area contributed by atoms with Gasteiger partial charge in [0.25, 0.3) is 0 Å².